The molecule has 0 radical (unpaired) electrons. The summed E-state index contributed by atoms with van der Waals surface area (Å²) in [6.07, 6.45) is 8.56. The predicted molar refractivity (Wildman–Crippen MR) is 79.4 cm³/mol. The largest absolute Gasteiger partial charge is 0.310 e. The van der Waals surface area contributed by atoms with Gasteiger partial charge in [0.1, 0.15) is 0 Å². The van der Waals surface area contributed by atoms with Crippen molar-refractivity contribution in [2.24, 2.45) is 11.8 Å². The average molecular weight is 243 g/mol. The van der Waals surface area contributed by atoms with Crippen molar-refractivity contribution in [3.63, 3.8) is 0 Å². The molecule has 1 saturated carbocycles. The number of benzene rings is 1. The van der Waals surface area contributed by atoms with Crippen LogP contribution in [-0.4, -0.2) is 12.6 Å². The molecule has 1 fully saturated rings. The summed E-state index contributed by atoms with van der Waals surface area (Å²) in [6.45, 7) is 5.76. The summed E-state index contributed by atoms with van der Waals surface area (Å²) < 4.78 is 0. The van der Waals surface area contributed by atoms with Crippen LogP contribution in [0.4, 0.5) is 0 Å². The van der Waals surface area contributed by atoms with Crippen LogP contribution in [0.2, 0.25) is 0 Å². The molecule has 1 N–H and O–H groups in total. The van der Waals surface area contributed by atoms with Crippen LogP contribution in [0.25, 0.3) is 6.08 Å². The molecule has 0 aromatic heterocycles. The van der Waals surface area contributed by atoms with Crippen LogP contribution < -0.4 is 5.32 Å². The molecule has 1 aliphatic carbocycles. The maximum Gasteiger partial charge on any atom is 0.0140 e. The lowest BCUT2D eigenvalue weighted by molar-refractivity contribution is 0.211. The van der Waals surface area contributed by atoms with Crippen molar-refractivity contribution in [1.29, 1.82) is 0 Å². The van der Waals surface area contributed by atoms with E-state index in [9.17, 15) is 0 Å². The molecule has 0 aliphatic heterocycles. The van der Waals surface area contributed by atoms with Crippen molar-refractivity contribution in [3.05, 3.63) is 42.0 Å². The van der Waals surface area contributed by atoms with E-state index in [4.69, 9.17) is 0 Å². The van der Waals surface area contributed by atoms with Gasteiger partial charge in [-0.2, -0.15) is 0 Å². The standard InChI is InChI=1S/C17H25N/c1-14-8-6-12-17(15(14)2)18-13-7-11-16-9-4-3-5-10-16/h3-5,7,9-11,14-15,17-18H,6,8,12-13H2,1-2H3/b11-7+. The summed E-state index contributed by atoms with van der Waals surface area (Å²) >= 11 is 0. The Morgan fingerprint density at radius 1 is 1.17 bits per heavy atom. The third-order valence-electron chi connectivity index (χ3n) is 4.31. The Morgan fingerprint density at radius 2 is 1.94 bits per heavy atom. The van der Waals surface area contributed by atoms with Gasteiger partial charge in [0.2, 0.25) is 0 Å². The monoisotopic (exact) mass is 243 g/mol. The molecule has 0 bridgehead atoms. The third kappa shape index (κ3) is 3.71. The molecule has 1 aliphatic rings. The van der Waals surface area contributed by atoms with Crippen molar-refractivity contribution >= 4 is 6.08 Å². The number of hydrogen-bond acceptors (Lipinski definition) is 1. The minimum atomic E-state index is 0.703. The van der Waals surface area contributed by atoms with Crippen molar-refractivity contribution in [1.82, 2.24) is 5.32 Å². The van der Waals surface area contributed by atoms with E-state index in [1.807, 2.05) is 0 Å². The second-order valence-electron chi connectivity index (χ2n) is 5.60. The zero-order chi connectivity index (χ0) is 12.8. The van der Waals surface area contributed by atoms with Crippen LogP contribution in [0, 0.1) is 11.8 Å². The lowest BCUT2D eigenvalue weighted by atomic mass is 9.78. The van der Waals surface area contributed by atoms with Gasteiger partial charge in [-0.3, -0.25) is 0 Å². The molecule has 3 unspecified atom stereocenters. The number of rotatable bonds is 4. The highest BCUT2D eigenvalue weighted by atomic mass is 14.9. The van der Waals surface area contributed by atoms with E-state index in [-0.39, 0.29) is 0 Å². The summed E-state index contributed by atoms with van der Waals surface area (Å²) in [6, 6.07) is 11.2. The zero-order valence-electron chi connectivity index (χ0n) is 11.6. The first kappa shape index (κ1) is 13.4. The molecular weight excluding hydrogens is 218 g/mol. The molecule has 0 amide bonds. The van der Waals surface area contributed by atoms with E-state index in [0.717, 1.165) is 18.4 Å². The van der Waals surface area contributed by atoms with E-state index in [1.165, 1.54) is 24.8 Å². The van der Waals surface area contributed by atoms with Gasteiger partial charge in [0, 0.05) is 12.6 Å². The highest BCUT2D eigenvalue weighted by molar-refractivity contribution is 5.48. The second kappa shape index (κ2) is 6.75. The van der Waals surface area contributed by atoms with E-state index in [2.05, 4.69) is 61.6 Å². The summed E-state index contributed by atoms with van der Waals surface area (Å²) in [5, 5.41) is 3.69. The van der Waals surface area contributed by atoms with Crippen LogP contribution in [0.1, 0.15) is 38.7 Å². The maximum atomic E-state index is 3.69. The van der Waals surface area contributed by atoms with Gasteiger partial charge < -0.3 is 5.32 Å². The van der Waals surface area contributed by atoms with Crippen molar-refractivity contribution in [2.75, 3.05) is 6.54 Å². The first-order chi connectivity index (χ1) is 8.77. The predicted octanol–water partition coefficient (Wildman–Crippen LogP) is 4.11. The van der Waals surface area contributed by atoms with Crippen LogP contribution in [-0.2, 0) is 0 Å². The Balaban J connectivity index is 1.76. The lowest BCUT2D eigenvalue weighted by Crippen LogP contribution is -2.40. The number of nitrogens with one attached hydrogen (secondary N) is 1. The molecule has 3 atom stereocenters. The molecule has 1 heteroatoms. The molecule has 1 aromatic carbocycles. The van der Waals surface area contributed by atoms with Crippen LogP contribution >= 0.6 is 0 Å². The molecule has 0 saturated heterocycles. The summed E-state index contributed by atoms with van der Waals surface area (Å²) in [5.74, 6) is 1.68. The fraction of sp³-hybridized carbons (Fsp3) is 0.529. The van der Waals surface area contributed by atoms with Gasteiger partial charge in [0.15, 0.2) is 0 Å². The van der Waals surface area contributed by atoms with E-state index in [0.29, 0.717) is 6.04 Å². The molecule has 1 nitrogen and oxygen atoms in total. The molecule has 0 spiro atoms. The first-order valence-corrected chi connectivity index (χ1v) is 7.22. The van der Waals surface area contributed by atoms with Gasteiger partial charge in [-0.15, -0.1) is 0 Å². The van der Waals surface area contributed by atoms with Crippen molar-refractivity contribution in [2.45, 2.75) is 39.2 Å². The minimum Gasteiger partial charge on any atom is -0.310 e. The highest BCUT2D eigenvalue weighted by Crippen LogP contribution is 2.29. The molecular formula is C17H25N. The van der Waals surface area contributed by atoms with Gasteiger partial charge >= 0.3 is 0 Å². The highest BCUT2D eigenvalue weighted by Gasteiger charge is 2.25. The van der Waals surface area contributed by atoms with Crippen LogP contribution in [0.15, 0.2) is 36.4 Å². The fourth-order valence-electron chi connectivity index (χ4n) is 2.85. The Bertz CT molecular complexity index is 368. The average Bonchev–Trinajstić information content (AvgIpc) is 2.40. The van der Waals surface area contributed by atoms with Gasteiger partial charge in [-0.25, -0.2) is 0 Å². The van der Waals surface area contributed by atoms with Gasteiger partial charge in [0.05, 0.1) is 0 Å². The molecule has 0 heterocycles. The molecule has 1 aromatic rings. The summed E-state index contributed by atoms with van der Waals surface area (Å²) in [4.78, 5) is 0. The Kier molecular flexibility index (Phi) is 5.00. The SMILES string of the molecule is CC1CCCC(NC/C=C/c2ccccc2)C1C. The van der Waals surface area contributed by atoms with Crippen molar-refractivity contribution in [3.8, 4) is 0 Å². The lowest BCUT2D eigenvalue weighted by Gasteiger charge is -2.34. The topological polar surface area (TPSA) is 12.0 Å². The van der Waals surface area contributed by atoms with E-state index in [1.54, 1.807) is 0 Å². The van der Waals surface area contributed by atoms with Crippen molar-refractivity contribution < 1.29 is 0 Å². The smallest absolute Gasteiger partial charge is 0.0140 e. The summed E-state index contributed by atoms with van der Waals surface area (Å²) in [5.41, 5.74) is 1.28. The summed E-state index contributed by atoms with van der Waals surface area (Å²) in [7, 11) is 0. The Morgan fingerprint density at radius 3 is 2.72 bits per heavy atom. The van der Waals surface area contributed by atoms with Gasteiger partial charge in [0.25, 0.3) is 0 Å². The van der Waals surface area contributed by atoms with E-state index < -0.39 is 0 Å². The first-order valence-electron chi connectivity index (χ1n) is 7.22. The number of hydrogen-bond donors (Lipinski definition) is 1. The molecule has 2 rings (SSSR count). The van der Waals surface area contributed by atoms with E-state index >= 15 is 0 Å². The van der Waals surface area contributed by atoms with Gasteiger partial charge in [-0.05, 0) is 23.8 Å². The fourth-order valence-corrected chi connectivity index (χ4v) is 2.85. The van der Waals surface area contributed by atoms with Crippen LogP contribution in [0.5, 0.6) is 0 Å². The van der Waals surface area contributed by atoms with Gasteiger partial charge in [-0.1, -0.05) is 69.2 Å². The normalized spacial score (nSPS) is 28.7. The molecule has 98 valence electrons. The maximum absolute atomic E-state index is 3.69. The van der Waals surface area contributed by atoms with Crippen LogP contribution in [0.3, 0.4) is 0 Å². The quantitative estimate of drug-likeness (QED) is 0.839. The minimum absolute atomic E-state index is 0.703. The Hall–Kier alpha value is -1.08. The Labute approximate surface area is 111 Å². The zero-order valence-corrected chi connectivity index (χ0v) is 11.6. The molecule has 18 heavy (non-hydrogen) atoms. The third-order valence-corrected chi connectivity index (χ3v) is 4.31. The second-order valence-corrected chi connectivity index (χ2v) is 5.60.